The molecule has 0 radical (unpaired) electrons. The van der Waals surface area contributed by atoms with Crippen LogP contribution in [-0.4, -0.2) is 47.2 Å². The van der Waals surface area contributed by atoms with Crippen LogP contribution in [0.4, 0.5) is 0 Å². The van der Waals surface area contributed by atoms with Crippen molar-refractivity contribution in [1.82, 2.24) is 4.90 Å². The van der Waals surface area contributed by atoms with Crippen molar-refractivity contribution in [1.29, 1.82) is 0 Å². The van der Waals surface area contributed by atoms with E-state index in [1.54, 1.807) is 0 Å². The molecule has 1 N–H and O–H groups in total. The third-order valence-electron chi connectivity index (χ3n) is 4.89. The van der Waals surface area contributed by atoms with Crippen molar-refractivity contribution in [2.45, 2.75) is 65.6 Å². The highest BCUT2D eigenvalue weighted by Crippen LogP contribution is 2.21. The number of hydrogen-bond donors (Lipinski definition) is 1. The number of carbonyl (C=O) groups excluding carboxylic acids is 1. The summed E-state index contributed by atoms with van der Waals surface area (Å²) < 4.78 is 5.46. The van der Waals surface area contributed by atoms with Gasteiger partial charge in [-0.3, -0.25) is 4.79 Å². The standard InChI is InChI=1S/C22H31NO4/c1-5-19-16(4)14-23(21(19)24)12-6-7-17-8-10-18(11-9-17)13-20(22(25)26)27-15(2)3/h8-11,15,20H,5-7,12-14H2,1-4H3,(H,25,26). The van der Waals surface area contributed by atoms with Crippen molar-refractivity contribution in [2.24, 2.45) is 0 Å². The molecule has 0 saturated heterocycles. The van der Waals surface area contributed by atoms with Crippen molar-refractivity contribution < 1.29 is 19.4 Å². The van der Waals surface area contributed by atoms with E-state index >= 15 is 0 Å². The van der Waals surface area contributed by atoms with Gasteiger partial charge in [-0.2, -0.15) is 0 Å². The summed E-state index contributed by atoms with van der Waals surface area (Å²) in [5.41, 5.74) is 4.32. The highest BCUT2D eigenvalue weighted by Gasteiger charge is 2.25. The van der Waals surface area contributed by atoms with E-state index in [4.69, 9.17) is 4.74 Å². The Kier molecular flexibility index (Phi) is 7.60. The molecule has 0 bridgehead atoms. The zero-order valence-electron chi connectivity index (χ0n) is 16.8. The lowest BCUT2D eigenvalue weighted by atomic mass is 10.0. The van der Waals surface area contributed by atoms with Crippen molar-refractivity contribution in [3.05, 3.63) is 46.5 Å². The number of ether oxygens (including phenoxy) is 1. The minimum Gasteiger partial charge on any atom is -0.479 e. The zero-order chi connectivity index (χ0) is 20.0. The maximum Gasteiger partial charge on any atom is 0.333 e. The van der Waals surface area contributed by atoms with Gasteiger partial charge >= 0.3 is 5.97 Å². The number of carbonyl (C=O) groups is 2. The number of carboxylic acid groups (broad SMARTS) is 1. The first-order valence-electron chi connectivity index (χ1n) is 9.75. The second-order valence-corrected chi connectivity index (χ2v) is 7.48. The van der Waals surface area contributed by atoms with Crippen LogP contribution in [0.3, 0.4) is 0 Å². The molecule has 0 spiro atoms. The maximum absolute atomic E-state index is 12.3. The fourth-order valence-corrected chi connectivity index (χ4v) is 3.51. The van der Waals surface area contributed by atoms with Crippen LogP contribution in [0, 0.1) is 0 Å². The van der Waals surface area contributed by atoms with Crippen LogP contribution in [0.1, 0.15) is 51.7 Å². The molecule has 5 nitrogen and oxygen atoms in total. The molecule has 27 heavy (non-hydrogen) atoms. The number of carboxylic acids is 1. The van der Waals surface area contributed by atoms with E-state index in [9.17, 15) is 14.7 Å². The molecule has 1 atom stereocenters. The SMILES string of the molecule is CCC1=C(C)CN(CCCc2ccc(CC(OC(C)C)C(=O)O)cc2)C1=O. The Morgan fingerprint density at radius 1 is 1.22 bits per heavy atom. The smallest absolute Gasteiger partial charge is 0.333 e. The summed E-state index contributed by atoms with van der Waals surface area (Å²) in [4.78, 5) is 25.5. The third kappa shape index (κ3) is 5.93. The number of hydrogen-bond acceptors (Lipinski definition) is 3. The Bertz CT molecular complexity index is 691. The first-order chi connectivity index (χ1) is 12.8. The Labute approximate surface area is 162 Å². The number of nitrogens with zero attached hydrogens (tertiary/aromatic N) is 1. The minimum absolute atomic E-state index is 0.120. The molecule has 1 unspecified atom stereocenters. The topological polar surface area (TPSA) is 66.8 Å². The molecule has 0 aliphatic carbocycles. The number of aliphatic carboxylic acids is 1. The highest BCUT2D eigenvalue weighted by atomic mass is 16.5. The lowest BCUT2D eigenvalue weighted by Gasteiger charge is -2.17. The Hall–Kier alpha value is -2.14. The molecule has 0 saturated carbocycles. The summed E-state index contributed by atoms with van der Waals surface area (Å²) >= 11 is 0. The molecule has 1 aromatic carbocycles. The van der Waals surface area contributed by atoms with Crippen LogP contribution >= 0.6 is 0 Å². The summed E-state index contributed by atoms with van der Waals surface area (Å²) in [7, 11) is 0. The first kappa shape index (κ1) is 21.2. The van der Waals surface area contributed by atoms with Gasteiger partial charge in [0.15, 0.2) is 6.10 Å². The summed E-state index contributed by atoms with van der Waals surface area (Å²) in [6.45, 7) is 9.28. The van der Waals surface area contributed by atoms with Crippen LogP contribution in [0.25, 0.3) is 0 Å². The van der Waals surface area contributed by atoms with E-state index in [2.05, 4.69) is 0 Å². The Morgan fingerprint density at radius 2 is 1.85 bits per heavy atom. The van der Waals surface area contributed by atoms with Gasteiger partial charge in [-0.15, -0.1) is 0 Å². The molecule has 1 aliphatic heterocycles. The predicted octanol–water partition coefficient (Wildman–Crippen LogP) is 3.61. The number of amides is 1. The van der Waals surface area contributed by atoms with Crippen molar-refractivity contribution in [3.8, 4) is 0 Å². The average molecular weight is 373 g/mol. The zero-order valence-corrected chi connectivity index (χ0v) is 16.8. The molecule has 1 heterocycles. The van der Waals surface area contributed by atoms with E-state index in [0.29, 0.717) is 6.42 Å². The van der Waals surface area contributed by atoms with E-state index in [1.165, 1.54) is 11.1 Å². The van der Waals surface area contributed by atoms with Crippen molar-refractivity contribution in [3.63, 3.8) is 0 Å². The van der Waals surface area contributed by atoms with Crippen molar-refractivity contribution in [2.75, 3.05) is 13.1 Å². The van der Waals surface area contributed by atoms with Gasteiger partial charge < -0.3 is 14.7 Å². The van der Waals surface area contributed by atoms with Crippen LogP contribution in [0.5, 0.6) is 0 Å². The molecule has 2 rings (SSSR count). The largest absolute Gasteiger partial charge is 0.479 e. The minimum atomic E-state index is -0.932. The molecule has 5 heteroatoms. The lowest BCUT2D eigenvalue weighted by molar-refractivity contribution is -0.153. The molecule has 1 aromatic rings. The van der Waals surface area contributed by atoms with Gasteiger partial charge in [0.05, 0.1) is 6.10 Å². The van der Waals surface area contributed by atoms with Gasteiger partial charge in [-0.05, 0) is 56.7 Å². The summed E-state index contributed by atoms with van der Waals surface area (Å²) in [5.74, 6) is -0.742. The third-order valence-corrected chi connectivity index (χ3v) is 4.89. The van der Waals surface area contributed by atoms with Gasteiger partial charge in [-0.1, -0.05) is 31.2 Å². The second kappa shape index (κ2) is 9.70. The molecule has 0 aromatic heterocycles. The molecule has 1 amide bonds. The number of aryl methyl sites for hydroxylation is 1. The fraction of sp³-hybridized carbons (Fsp3) is 0.545. The van der Waals surface area contributed by atoms with Gasteiger partial charge in [0, 0.05) is 25.1 Å². The van der Waals surface area contributed by atoms with Gasteiger partial charge in [0.2, 0.25) is 5.91 Å². The van der Waals surface area contributed by atoms with Crippen LogP contribution in [0.15, 0.2) is 35.4 Å². The van der Waals surface area contributed by atoms with E-state index in [0.717, 1.165) is 43.5 Å². The molecular formula is C22H31NO4. The Morgan fingerprint density at radius 3 is 2.37 bits per heavy atom. The van der Waals surface area contributed by atoms with Crippen molar-refractivity contribution >= 4 is 11.9 Å². The van der Waals surface area contributed by atoms with Crippen LogP contribution in [-0.2, 0) is 27.2 Å². The van der Waals surface area contributed by atoms with Gasteiger partial charge in [0.1, 0.15) is 0 Å². The van der Waals surface area contributed by atoms with Gasteiger partial charge in [-0.25, -0.2) is 4.79 Å². The molecule has 0 fully saturated rings. The summed E-state index contributed by atoms with van der Waals surface area (Å²) in [5, 5.41) is 9.27. The molecular weight excluding hydrogens is 342 g/mol. The fourth-order valence-electron chi connectivity index (χ4n) is 3.51. The van der Waals surface area contributed by atoms with Gasteiger partial charge in [0.25, 0.3) is 0 Å². The average Bonchev–Trinajstić information content (AvgIpc) is 2.88. The monoisotopic (exact) mass is 373 g/mol. The Balaban J connectivity index is 1.82. The molecule has 1 aliphatic rings. The van der Waals surface area contributed by atoms with E-state index in [1.807, 2.05) is 56.9 Å². The first-order valence-corrected chi connectivity index (χ1v) is 9.75. The predicted molar refractivity (Wildman–Crippen MR) is 106 cm³/mol. The van der Waals surface area contributed by atoms with E-state index in [-0.39, 0.29) is 12.0 Å². The quantitative estimate of drug-likeness (QED) is 0.680. The lowest BCUT2D eigenvalue weighted by Crippen LogP contribution is -2.29. The van der Waals surface area contributed by atoms with E-state index < -0.39 is 12.1 Å². The van der Waals surface area contributed by atoms with Crippen LogP contribution < -0.4 is 0 Å². The molecule has 148 valence electrons. The van der Waals surface area contributed by atoms with Crippen LogP contribution in [0.2, 0.25) is 0 Å². The maximum atomic E-state index is 12.3. The summed E-state index contributed by atoms with van der Waals surface area (Å²) in [6.07, 6.45) is 2.05. The summed E-state index contributed by atoms with van der Waals surface area (Å²) in [6, 6.07) is 8.01. The number of rotatable bonds is 10. The second-order valence-electron chi connectivity index (χ2n) is 7.48. The number of benzene rings is 1. The normalized spacial score (nSPS) is 15.7. The highest BCUT2D eigenvalue weighted by molar-refractivity contribution is 5.96.